The van der Waals surface area contributed by atoms with Gasteiger partial charge >= 0.3 is 5.97 Å². The molecule has 0 aliphatic heterocycles. The van der Waals surface area contributed by atoms with Crippen molar-refractivity contribution in [1.82, 2.24) is 10.6 Å². The van der Waals surface area contributed by atoms with Gasteiger partial charge in [-0.2, -0.15) is 17.0 Å². The van der Waals surface area contributed by atoms with E-state index in [1.807, 2.05) is 25.3 Å². The number of benzene rings is 1. The predicted octanol–water partition coefficient (Wildman–Crippen LogP) is 2.95. The van der Waals surface area contributed by atoms with Crippen molar-refractivity contribution in [2.45, 2.75) is 51.1 Å². The van der Waals surface area contributed by atoms with Crippen molar-refractivity contribution in [3.63, 3.8) is 0 Å². The molecule has 0 saturated heterocycles. The molecule has 28 heavy (non-hydrogen) atoms. The molecule has 0 saturated carbocycles. The number of aliphatic carboxylic acids is 1. The number of thioether (sulfide) groups is 1. The highest BCUT2D eigenvalue weighted by atomic mass is 32.2. The van der Waals surface area contributed by atoms with Gasteiger partial charge in [-0.1, -0.05) is 18.2 Å². The average Bonchev–Trinajstić information content (AvgIpc) is 2.69. The van der Waals surface area contributed by atoms with Gasteiger partial charge in [-0.05, 0) is 67.7 Å². The number of nitrogens with zero attached hydrogens (tertiary/aromatic N) is 1. The minimum Gasteiger partial charge on any atom is -0.480 e. The Morgan fingerprint density at radius 1 is 1.32 bits per heavy atom. The van der Waals surface area contributed by atoms with Crippen molar-refractivity contribution in [1.29, 1.82) is 5.26 Å². The first kappa shape index (κ1) is 21.8. The van der Waals surface area contributed by atoms with Crippen LogP contribution in [0.4, 0.5) is 0 Å². The van der Waals surface area contributed by atoms with Crippen LogP contribution in [0.2, 0.25) is 0 Å². The monoisotopic (exact) mass is 401 g/mol. The third-order valence-corrected chi connectivity index (χ3v) is 5.57. The highest BCUT2D eigenvalue weighted by molar-refractivity contribution is 7.98. The van der Waals surface area contributed by atoms with E-state index in [0.29, 0.717) is 12.2 Å². The van der Waals surface area contributed by atoms with Crippen molar-refractivity contribution in [2.24, 2.45) is 0 Å². The number of nitriles is 1. The van der Waals surface area contributed by atoms with Crippen LogP contribution < -0.4 is 10.6 Å². The SMILES string of the molecule is CSCCC(N/C=C(/C#N)C(=O)NC(C)c1ccc2c(c1)CCCC2)C(=O)O. The standard InChI is InChI=1S/C21H27N3O3S/c1-14(16-8-7-15-5-3-4-6-17(15)11-16)24-20(25)18(12-22)13-23-19(21(26)27)9-10-28-2/h7-8,11,13-14,19,23H,3-6,9-10H2,1-2H3,(H,24,25)(H,26,27)/b18-13-. The maximum atomic E-state index is 12.4. The number of aryl methyl sites for hydroxylation is 2. The Kier molecular flexibility index (Phi) is 8.40. The molecule has 1 aromatic carbocycles. The summed E-state index contributed by atoms with van der Waals surface area (Å²) in [6.45, 7) is 1.88. The van der Waals surface area contributed by atoms with Crippen LogP contribution in [0.15, 0.2) is 30.0 Å². The van der Waals surface area contributed by atoms with Gasteiger partial charge in [0.2, 0.25) is 0 Å². The van der Waals surface area contributed by atoms with E-state index >= 15 is 0 Å². The van der Waals surface area contributed by atoms with E-state index in [1.165, 1.54) is 30.2 Å². The highest BCUT2D eigenvalue weighted by Crippen LogP contribution is 2.24. The topological polar surface area (TPSA) is 102 Å². The summed E-state index contributed by atoms with van der Waals surface area (Å²) in [4.78, 5) is 23.7. The van der Waals surface area contributed by atoms with Gasteiger partial charge in [-0.3, -0.25) is 4.79 Å². The molecule has 0 aromatic heterocycles. The highest BCUT2D eigenvalue weighted by Gasteiger charge is 2.19. The summed E-state index contributed by atoms with van der Waals surface area (Å²) in [5, 5.41) is 24.0. The fraction of sp³-hybridized carbons (Fsp3) is 0.476. The summed E-state index contributed by atoms with van der Waals surface area (Å²) < 4.78 is 0. The maximum absolute atomic E-state index is 12.4. The zero-order valence-electron chi connectivity index (χ0n) is 16.3. The predicted molar refractivity (Wildman–Crippen MR) is 111 cm³/mol. The summed E-state index contributed by atoms with van der Waals surface area (Å²) in [5.41, 5.74) is 3.57. The van der Waals surface area contributed by atoms with Crippen LogP contribution in [-0.2, 0) is 22.4 Å². The Morgan fingerprint density at radius 2 is 2.04 bits per heavy atom. The molecule has 1 aliphatic rings. The second kappa shape index (κ2) is 10.8. The van der Waals surface area contributed by atoms with Crippen molar-refractivity contribution >= 4 is 23.6 Å². The van der Waals surface area contributed by atoms with E-state index in [0.717, 1.165) is 18.4 Å². The summed E-state index contributed by atoms with van der Waals surface area (Å²) in [6.07, 6.45) is 8.06. The van der Waals surface area contributed by atoms with E-state index < -0.39 is 17.9 Å². The molecule has 1 aromatic rings. The van der Waals surface area contributed by atoms with E-state index in [1.54, 1.807) is 11.8 Å². The van der Waals surface area contributed by atoms with Crippen LogP contribution in [0.3, 0.4) is 0 Å². The molecule has 2 atom stereocenters. The van der Waals surface area contributed by atoms with E-state index in [2.05, 4.69) is 22.8 Å². The fourth-order valence-corrected chi connectivity index (χ4v) is 3.70. The van der Waals surface area contributed by atoms with Crippen LogP contribution in [0.25, 0.3) is 0 Å². The number of fused-ring (bicyclic) bond motifs is 1. The van der Waals surface area contributed by atoms with Crippen molar-refractivity contribution < 1.29 is 14.7 Å². The van der Waals surface area contributed by atoms with Gasteiger partial charge in [0.05, 0.1) is 6.04 Å². The van der Waals surface area contributed by atoms with Crippen LogP contribution in [0, 0.1) is 11.3 Å². The molecule has 150 valence electrons. The van der Waals surface area contributed by atoms with Crippen molar-refractivity contribution in [3.8, 4) is 6.07 Å². The number of carbonyl (C=O) groups is 2. The minimum absolute atomic E-state index is 0.139. The molecule has 0 fully saturated rings. The number of carboxylic acid groups (broad SMARTS) is 1. The number of carboxylic acids is 1. The number of amides is 1. The van der Waals surface area contributed by atoms with Gasteiger partial charge in [0, 0.05) is 6.20 Å². The normalized spacial score (nSPS) is 15.7. The molecule has 2 unspecified atom stereocenters. The third-order valence-electron chi connectivity index (χ3n) is 4.92. The van der Waals surface area contributed by atoms with Gasteiger partial charge in [-0.25, -0.2) is 4.79 Å². The first-order valence-electron chi connectivity index (χ1n) is 9.47. The molecule has 3 N–H and O–H groups in total. The number of hydrogen-bond acceptors (Lipinski definition) is 5. The summed E-state index contributed by atoms with van der Waals surface area (Å²) in [7, 11) is 0. The summed E-state index contributed by atoms with van der Waals surface area (Å²) in [5.74, 6) is -0.860. The number of carbonyl (C=O) groups excluding carboxylic acids is 1. The molecule has 2 rings (SSSR count). The zero-order valence-corrected chi connectivity index (χ0v) is 17.1. The Bertz CT molecular complexity index is 786. The quantitative estimate of drug-likeness (QED) is 0.434. The van der Waals surface area contributed by atoms with E-state index in [-0.39, 0.29) is 11.6 Å². The lowest BCUT2D eigenvalue weighted by Gasteiger charge is -2.20. The van der Waals surface area contributed by atoms with E-state index in [4.69, 9.17) is 0 Å². The Labute approximate surface area is 170 Å². The molecule has 0 radical (unpaired) electrons. The van der Waals surface area contributed by atoms with Crippen molar-refractivity contribution in [3.05, 3.63) is 46.7 Å². The minimum atomic E-state index is -1.01. The lowest BCUT2D eigenvalue weighted by atomic mass is 9.89. The first-order valence-corrected chi connectivity index (χ1v) is 10.9. The lowest BCUT2D eigenvalue weighted by molar-refractivity contribution is -0.139. The second-order valence-corrected chi connectivity index (χ2v) is 7.92. The first-order chi connectivity index (χ1) is 13.5. The number of rotatable bonds is 9. The Morgan fingerprint density at radius 3 is 2.68 bits per heavy atom. The van der Waals surface area contributed by atoms with Gasteiger partial charge < -0.3 is 15.7 Å². The molecule has 1 aliphatic carbocycles. The molecule has 6 nitrogen and oxygen atoms in total. The van der Waals surface area contributed by atoms with Crippen LogP contribution >= 0.6 is 11.8 Å². The Hall–Kier alpha value is -2.46. The molecule has 0 spiro atoms. The van der Waals surface area contributed by atoms with Crippen molar-refractivity contribution in [2.75, 3.05) is 12.0 Å². The van der Waals surface area contributed by atoms with Gasteiger partial charge in [0.1, 0.15) is 17.7 Å². The maximum Gasteiger partial charge on any atom is 0.326 e. The molecule has 1 amide bonds. The summed E-state index contributed by atoms with van der Waals surface area (Å²) >= 11 is 1.54. The van der Waals surface area contributed by atoms with Crippen LogP contribution in [-0.4, -0.2) is 35.0 Å². The van der Waals surface area contributed by atoms with E-state index in [9.17, 15) is 20.0 Å². The number of hydrogen-bond donors (Lipinski definition) is 3. The smallest absolute Gasteiger partial charge is 0.326 e. The molecular weight excluding hydrogens is 374 g/mol. The molecule has 7 heteroatoms. The molecular formula is C21H27N3O3S. The van der Waals surface area contributed by atoms with Gasteiger partial charge in [0.15, 0.2) is 0 Å². The van der Waals surface area contributed by atoms with Crippen LogP contribution in [0.5, 0.6) is 0 Å². The summed E-state index contributed by atoms with van der Waals surface area (Å²) in [6, 6.07) is 7.05. The fourth-order valence-electron chi connectivity index (χ4n) is 3.23. The largest absolute Gasteiger partial charge is 0.480 e. The van der Waals surface area contributed by atoms with Crippen LogP contribution in [0.1, 0.15) is 48.9 Å². The second-order valence-electron chi connectivity index (χ2n) is 6.94. The molecule has 0 bridgehead atoms. The zero-order chi connectivity index (χ0) is 20.5. The molecule has 0 heterocycles. The third kappa shape index (κ3) is 6.03. The lowest BCUT2D eigenvalue weighted by Crippen LogP contribution is -2.35. The van der Waals surface area contributed by atoms with Gasteiger partial charge in [-0.15, -0.1) is 0 Å². The Balaban J connectivity index is 2.02. The average molecular weight is 402 g/mol. The van der Waals surface area contributed by atoms with Gasteiger partial charge in [0.25, 0.3) is 5.91 Å². The number of nitrogens with one attached hydrogen (secondary N) is 2.